The number of benzene rings is 1. The second kappa shape index (κ2) is 5.61. The van der Waals surface area contributed by atoms with Crippen LogP contribution in [-0.4, -0.2) is 18.2 Å². The quantitative estimate of drug-likeness (QED) is 0.884. The van der Waals surface area contributed by atoms with Crippen molar-refractivity contribution in [2.75, 3.05) is 6.61 Å². The third-order valence-electron chi connectivity index (χ3n) is 3.74. The van der Waals surface area contributed by atoms with Crippen molar-refractivity contribution in [1.29, 1.82) is 0 Å². The summed E-state index contributed by atoms with van der Waals surface area (Å²) in [6.45, 7) is 2.47. The summed E-state index contributed by atoms with van der Waals surface area (Å²) in [6.07, 6.45) is 4.29. The first-order valence-electron chi connectivity index (χ1n) is 7.24. The highest BCUT2D eigenvalue weighted by Crippen LogP contribution is 2.34. The first-order valence-corrected chi connectivity index (χ1v) is 7.24. The van der Waals surface area contributed by atoms with Crippen molar-refractivity contribution in [1.82, 2.24) is 0 Å². The highest BCUT2D eigenvalue weighted by atomic mass is 16.5. The van der Waals surface area contributed by atoms with E-state index in [2.05, 4.69) is 0 Å². The van der Waals surface area contributed by atoms with Crippen molar-refractivity contribution in [3.63, 3.8) is 0 Å². The Kier molecular flexibility index (Phi) is 3.62. The lowest BCUT2D eigenvalue weighted by Gasteiger charge is -2.22. The summed E-state index contributed by atoms with van der Waals surface area (Å²) in [5, 5.41) is 0. The van der Waals surface area contributed by atoms with Crippen molar-refractivity contribution in [2.24, 2.45) is 11.5 Å². The Labute approximate surface area is 133 Å². The summed E-state index contributed by atoms with van der Waals surface area (Å²) in [5.74, 6) is 0.120. The third kappa shape index (κ3) is 2.46. The third-order valence-corrected chi connectivity index (χ3v) is 3.74. The molecule has 0 bridgehead atoms. The SMILES string of the molecule is CCOc1ccc(C2=CC(N)=C3C(=O)C=CC(N)=C3C2=O)cc1. The predicted molar refractivity (Wildman–Crippen MR) is 87.2 cm³/mol. The van der Waals surface area contributed by atoms with Gasteiger partial charge in [-0.2, -0.15) is 0 Å². The molecule has 0 heterocycles. The van der Waals surface area contributed by atoms with E-state index in [4.69, 9.17) is 16.2 Å². The molecule has 3 rings (SSSR count). The fourth-order valence-corrected chi connectivity index (χ4v) is 2.67. The summed E-state index contributed by atoms with van der Waals surface area (Å²) >= 11 is 0. The average molecular weight is 308 g/mol. The zero-order valence-corrected chi connectivity index (χ0v) is 12.6. The molecule has 0 amide bonds. The molecule has 116 valence electrons. The van der Waals surface area contributed by atoms with Gasteiger partial charge in [-0.15, -0.1) is 0 Å². The van der Waals surface area contributed by atoms with E-state index in [0.717, 1.165) is 5.75 Å². The molecule has 0 fully saturated rings. The molecule has 23 heavy (non-hydrogen) atoms. The average Bonchev–Trinajstić information content (AvgIpc) is 2.54. The molecule has 5 heteroatoms. The number of hydrogen-bond donors (Lipinski definition) is 2. The molecule has 0 aromatic heterocycles. The molecule has 0 saturated carbocycles. The summed E-state index contributed by atoms with van der Waals surface area (Å²) < 4.78 is 5.39. The standard InChI is InChI=1S/C18H16N2O3/c1-2-23-11-5-3-10(4-6-11)12-9-14(20)16-15(21)8-7-13(19)17(16)18(12)22/h3-9H,2,19-20H2,1H3. The second-order valence-corrected chi connectivity index (χ2v) is 5.20. The summed E-state index contributed by atoms with van der Waals surface area (Å²) in [6, 6.07) is 7.13. The van der Waals surface area contributed by atoms with Crippen LogP contribution in [0.2, 0.25) is 0 Å². The van der Waals surface area contributed by atoms with Gasteiger partial charge in [-0.3, -0.25) is 9.59 Å². The van der Waals surface area contributed by atoms with E-state index >= 15 is 0 Å². The molecule has 5 nitrogen and oxygen atoms in total. The number of Topliss-reactive ketones (excluding diaryl/α,β-unsaturated/α-hetero) is 1. The van der Waals surface area contributed by atoms with Crippen molar-refractivity contribution in [3.8, 4) is 5.75 Å². The van der Waals surface area contributed by atoms with E-state index in [1.807, 2.05) is 6.92 Å². The maximum Gasteiger partial charge on any atom is 0.196 e. The van der Waals surface area contributed by atoms with Gasteiger partial charge in [-0.05, 0) is 42.8 Å². The lowest BCUT2D eigenvalue weighted by Crippen LogP contribution is -2.26. The number of ether oxygens (including phenoxy) is 1. The first kappa shape index (κ1) is 14.8. The van der Waals surface area contributed by atoms with Crippen molar-refractivity contribution >= 4 is 17.1 Å². The second-order valence-electron chi connectivity index (χ2n) is 5.20. The molecule has 0 aliphatic heterocycles. The monoisotopic (exact) mass is 308 g/mol. The van der Waals surface area contributed by atoms with Crippen LogP contribution >= 0.6 is 0 Å². The number of carbonyl (C=O) groups excluding carboxylic acids is 2. The molecule has 0 unspecified atom stereocenters. The molecule has 4 N–H and O–H groups in total. The van der Waals surface area contributed by atoms with Gasteiger partial charge in [0.05, 0.1) is 17.8 Å². The molecule has 2 aliphatic carbocycles. The Morgan fingerprint density at radius 3 is 2.30 bits per heavy atom. The van der Waals surface area contributed by atoms with E-state index in [9.17, 15) is 9.59 Å². The minimum Gasteiger partial charge on any atom is -0.494 e. The van der Waals surface area contributed by atoms with Crippen LogP contribution < -0.4 is 16.2 Å². The number of fused-ring (bicyclic) bond motifs is 1. The lowest BCUT2D eigenvalue weighted by molar-refractivity contribution is -0.113. The van der Waals surface area contributed by atoms with Crippen molar-refractivity contribution in [2.45, 2.75) is 6.92 Å². The number of hydrogen-bond acceptors (Lipinski definition) is 5. The highest BCUT2D eigenvalue weighted by Gasteiger charge is 2.32. The van der Waals surface area contributed by atoms with Crippen LogP contribution in [0, 0.1) is 0 Å². The normalized spacial score (nSPS) is 17.3. The molecule has 0 saturated heterocycles. The number of rotatable bonds is 3. The van der Waals surface area contributed by atoms with Crippen LogP contribution in [0.25, 0.3) is 5.57 Å². The molecule has 1 aromatic rings. The zero-order chi connectivity index (χ0) is 16.6. The summed E-state index contributed by atoms with van der Waals surface area (Å²) in [4.78, 5) is 24.7. The molecule has 1 aromatic carbocycles. The van der Waals surface area contributed by atoms with Crippen LogP contribution in [0.5, 0.6) is 5.75 Å². The largest absolute Gasteiger partial charge is 0.494 e. The van der Waals surface area contributed by atoms with Gasteiger partial charge in [0.15, 0.2) is 11.6 Å². The summed E-state index contributed by atoms with van der Waals surface area (Å²) in [7, 11) is 0. The van der Waals surface area contributed by atoms with E-state index in [-0.39, 0.29) is 34.1 Å². The van der Waals surface area contributed by atoms with E-state index < -0.39 is 0 Å². The van der Waals surface area contributed by atoms with Gasteiger partial charge >= 0.3 is 0 Å². The smallest absolute Gasteiger partial charge is 0.196 e. The van der Waals surface area contributed by atoms with Gasteiger partial charge in [-0.1, -0.05) is 12.1 Å². The van der Waals surface area contributed by atoms with Gasteiger partial charge in [0.2, 0.25) is 0 Å². The maximum atomic E-state index is 12.8. The van der Waals surface area contributed by atoms with Gasteiger partial charge < -0.3 is 16.2 Å². The molecule has 0 spiro atoms. The highest BCUT2D eigenvalue weighted by molar-refractivity contribution is 6.36. The Balaban J connectivity index is 2.08. The van der Waals surface area contributed by atoms with Gasteiger partial charge in [0.1, 0.15) is 5.75 Å². The van der Waals surface area contributed by atoms with E-state index in [1.54, 1.807) is 24.3 Å². The molecule has 0 atom stereocenters. The van der Waals surface area contributed by atoms with Crippen LogP contribution in [-0.2, 0) is 9.59 Å². The number of nitrogens with two attached hydrogens (primary N) is 2. The Morgan fingerprint density at radius 2 is 1.65 bits per heavy atom. The molecular formula is C18H16N2O3. The Morgan fingerprint density at radius 1 is 0.957 bits per heavy atom. The number of ketones is 2. The fraction of sp³-hybridized carbons (Fsp3) is 0.111. The van der Waals surface area contributed by atoms with E-state index in [1.165, 1.54) is 18.2 Å². The maximum absolute atomic E-state index is 12.8. The number of carbonyl (C=O) groups is 2. The molecule has 0 radical (unpaired) electrons. The van der Waals surface area contributed by atoms with Crippen LogP contribution in [0.3, 0.4) is 0 Å². The Bertz CT molecular complexity index is 824. The van der Waals surface area contributed by atoms with Crippen molar-refractivity contribution < 1.29 is 14.3 Å². The van der Waals surface area contributed by atoms with Gasteiger partial charge in [0, 0.05) is 17.0 Å². The Hall–Kier alpha value is -3.08. The minimum atomic E-state index is -0.304. The van der Waals surface area contributed by atoms with Gasteiger partial charge in [0.25, 0.3) is 0 Å². The van der Waals surface area contributed by atoms with Crippen LogP contribution in [0.1, 0.15) is 12.5 Å². The van der Waals surface area contributed by atoms with Crippen LogP contribution in [0.15, 0.2) is 65.0 Å². The summed E-state index contributed by atoms with van der Waals surface area (Å²) in [5.41, 5.74) is 13.9. The molecular weight excluding hydrogens is 292 g/mol. The first-order chi connectivity index (χ1) is 11.0. The van der Waals surface area contributed by atoms with Crippen LogP contribution in [0.4, 0.5) is 0 Å². The van der Waals surface area contributed by atoms with Crippen molar-refractivity contribution in [3.05, 3.63) is 70.6 Å². The lowest BCUT2D eigenvalue weighted by atomic mass is 9.81. The fourth-order valence-electron chi connectivity index (χ4n) is 2.67. The number of allylic oxidation sites excluding steroid dienone is 6. The minimum absolute atomic E-state index is 0.182. The zero-order valence-electron chi connectivity index (χ0n) is 12.6. The predicted octanol–water partition coefficient (Wildman–Crippen LogP) is 1.62. The van der Waals surface area contributed by atoms with Gasteiger partial charge in [-0.25, -0.2) is 0 Å². The molecule has 2 aliphatic rings. The topological polar surface area (TPSA) is 95.4 Å². The van der Waals surface area contributed by atoms with E-state index in [0.29, 0.717) is 17.7 Å².